The maximum atomic E-state index is 11.3. The van der Waals surface area contributed by atoms with Crippen molar-refractivity contribution >= 4 is 28.6 Å². The van der Waals surface area contributed by atoms with Crippen molar-refractivity contribution in [1.29, 1.82) is 0 Å². The summed E-state index contributed by atoms with van der Waals surface area (Å²) in [5.74, 6) is -0.486. The van der Waals surface area contributed by atoms with Crippen LogP contribution in [-0.2, 0) is 0 Å². The van der Waals surface area contributed by atoms with Crippen LogP contribution >= 0.6 is 0 Å². The van der Waals surface area contributed by atoms with Crippen molar-refractivity contribution in [2.45, 2.75) is 0 Å². The lowest BCUT2D eigenvalue weighted by Crippen LogP contribution is -1.97. The number of benzene rings is 3. The maximum Gasteiger partial charge on any atom is 0.337 e. The molecule has 0 bridgehead atoms. The number of hydrogen-bond acceptors (Lipinski definition) is 3. The van der Waals surface area contributed by atoms with Gasteiger partial charge in [0.15, 0.2) is 0 Å². The molecule has 3 N–H and O–H groups in total. The Kier molecular flexibility index (Phi) is 3.67. The average Bonchev–Trinajstić information content (AvgIpc) is 3.05. The number of carbonyl (C=O) groups is 1. The highest BCUT2D eigenvalue weighted by molar-refractivity contribution is 6.01. The molecule has 0 atom stereocenters. The summed E-state index contributed by atoms with van der Waals surface area (Å²) in [7, 11) is 0. The van der Waals surface area contributed by atoms with Crippen LogP contribution in [0.4, 0.5) is 11.6 Å². The third kappa shape index (κ3) is 2.83. The van der Waals surface area contributed by atoms with Crippen LogP contribution in [0.3, 0.4) is 0 Å². The molecule has 1 aromatic heterocycles. The molecule has 5 nitrogen and oxygen atoms in total. The molecule has 0 radical (unpaired) electrons. The van der Waals surface area contributed by atoms with Crippen molar-refractivity contribution in [2.24, 2.45) is 0 Å². The third-order valence-electron chi connectivity index (χ3n) is 4.01. The number of carboxylic acids is 1. The molecule has 5 heteroatoms. The van der Waals surface area contributed by atoms with Crippen molar-refractivity contribution < 1.29 is 9.90 Å². The molecule has 0 aliphatic rings. The minimum Gasteiger partial charge on any atom is -0.478 e. The first kappa shape index (κ1) is 15.0. The van der Waals surface area contributed by atoms with Crippen LogP contribution in [0, 0.1) is 0 Å². The number of fused-ring (bicyclic) bond motifs is 1. The lowest BCUT2D eigenvalue weighted by molar-refractivity contribution is 0.0699. The molecular formula is C20H15N3O2. The Hall–Kier alpha value is -3.60. The Labute approximate surface area is 144 Å². The summed E-state index contributed by atoms with van der Waals surface area (Å²) in [4.78, 5) is 18.9. The number of hydrogen-bond donors (Lipinski definition) is 3. The summed E-state index contributed by atoms with van der Waals surface area (Å²) in [6, 6.07) is 23.0. The van der Waals surface area contributed by atoms with Gasteiger partial charge in [0, 0.05) is 11.3 Å². The van der Waals surface area contributed by atoms with Gasteiger partial charge in [-0.25, -0.2) is 9.78 Å². The number of para-hydroxylation sites is 2. The van der Waals surface area contributed by atoms with Crippen LogP contribution in [0.25, 0.3) is 22.2 Å². The standard InChI is InChI=1S/C20H15N3O2/c24-19(25)15-10-6-12-17-18(15)23-20(22-17)21-16-11-5-4-9-14(16)13-7-2-1-3-8-13/h1-12H,(H,24,25)(H2,21,22,23). The second-order valence-electron chi connectivity index (χ2n) is 5.63. The van der Waals surface area contributed by atoms with Gasteiger partial charge < -0.3 is 15.4 Å². The van der Waals surface area contributed by atoms with Crippen molar-refractivity contribution in [3.63, 3.8) is 0 Å². The molecule has 4 aromatic rings. The van der Waals surface area contributed by atoms with E-state index in [9.17, 15) is 9.90 Å². The quantitative estimate of drug-likeness (QED) is 0.508. The molecule has 25 heavy (non-hydrogen) atoms. The van der Waals surface area contributed by atoms with E-state index in [0.29, 0.717) is 17.0 Å². The summed E-state index contributed by atoms with van der Waals surface area (Å²) in [5.41, 5.74) is 4.33. The number of rotatable bonds is 4. The molecular weight excluding hydrogens is 314 g/mol. The van der Waals surface area contributed by atoms with Gasteiger partial charge in [0.25, 0.3) is 0 Å². The monoisotopic (exact) mass is 329 g/mol. The van der Waals surface area contributed by atoms with Crippen LogP contribution < -0.4 is 5.32 Å². The topological polar surface area (TPSA) is 78.0 Å². The Morgan fingerprint density at radius 2 is 1.68 bits per heavy atom. The zero-order valence-electron chi connectivity index (χ0n) is 13.2. The van der Waals surface area contributed by atoms with Gasteiger partial charge in [-0.2, -0.15) is 0 Å². The molecule has 1 heterocycles. The van der Waals surface area contributed by atoms with Crippen molar-refractivity contribution in [2.75, 3.05) is 5.32 Å². The van der Waals surface area contributed by atoms with Gasteiger partial charge in [0.1, 0.15) is 5.52 Å². The number of aromatic carboxylic acids is 1. The number of nitrogens with one attached hydrogen (secondary N) is 2. The van der Waals surface area contributed by atoms with Crippen molar-refractivity contribution in [1.82, 2.24) is 9.97 Å². The van der Waals surface area contributed by atoms with Crippen LogP contribution in [0.1, 0.15) is 10.4 Å². The van der Waals surface area contributed by atoms with E-state index in [0.717, 1.165) is 16.8 Å². The van der Waals surface area contributed by atoms with Gasteiger partial charge in [0.2, 0.25) is 5.95 Å². The SMILES string of the molecule is O=C(O)c1cccc2[nH]c(Nc3ccccc3-c3ccccc3)nc12. The number of nitrogens with zero attached hydrogens (tertiary/aromatic N) is 1. The van der Waals surface area contributed by atoms with E-state index in [1.165, 1.54) is 0 Å². The van der Waals surface area contributed by atoms with Gasteiger partial charge in [0.05, 0.1) is 11.1 Å². The largest absolute Gasteiger partial charge is 0.478 e. The second kappa shape index (κ2) is 6.13. The van der Waals surface area contributed by atoms with Crippen molar-refractivity contribution in [3.05, 3.63) is 78.4 Å². The van der Waals surface area contributed by atoms with Gasteiger partial charge in [-0.15, -0.1) is 0 Å². The van der Waals surface area contributed by atoms with E-state index < -0.39 is 5.97 Å². The number of anilines is 2. The van der Waals surface area contributed by atoms with E-state index in [4.69, 9.17) is 0 Å². The molecule has 0 saturated carbocycles. The van der Waals surface area contributed by atoms with Crippen LogP contribution in [0.2, 0.25) is 0 Å². The Morgan fingerprint density at radius 1 is 0.920 bits per heavy atom. The summed E-state index contributed by atoms with van der Waals surface area (Å²) in [5, 5.41) is 12.6. The van der Waals surface area contributed by atoms with E-state index >= 15 is 0 Å². The maximum absolute atomic E-state index is 11.3. The van der Waals surface area contributed by atoms with Gasteiger partial charge in [-0.1, -0.05) is 54.6 Å². The molecule has 0 saturated heterocycles. The molecule has 0 spiro atoms. The smallest absolute Gasteiger partial charge is 0.337 e. The fourth-order valence-corrected chi connectivity index (χ4v) is 2.85. The summed E-state index contributed by atoms with van der Waals surface area (Å²) >= 11 is 0. The Balaban J connectivity index is 1.76. The number of carboxylic acid groups (broad SMARTS) is 1. The fraction of sp³-hybridized carbons (Fsp3) is 0. The molecule has 0 amide bonds. The highest BCUT2D eigenvalue weighted by Gasteiger charge is 2.13. The molecule has 0 unspecified atom stereocenters. The molecule has 0 aliphatic heterocycles. The molecule has 0 fully saturated rings. The molecule has 0 aliphatic carbocycles. The summed E-state index contributed by atoms with van der Waals surface area (Å²) in [6.45, 7) is 0. The van der Waals surface area contributed by atoms with E-state index in [1.807, 2.05) is 60.7 Å². The first-order valence-electron chi connectivity index (χ1n) is 7.86. The van der Waals surface area contributed by atoms with E-state index in [2.05, 4.69) is 15.3 Å². The van der Waals surface area contributed by atoms with E-state index in [-0.39, 0.29) is 5.56 Å². The lowest BCUT2D eigenvalue weighted by atomic mass is 10.0. The van der Waals surface area contributed by atoms with Gasteiger partial charge in [-0.3, -0.25) is 0 Å². The molecule has 4 rings (SSSR count). The van der Waals surface area contributed by atoms with Crippen LogP contribution in [0.15, 0.2) is 72.8 Å². The number of imidazole rings is 1. The minimum atomic E-state index is -0.992. The number of aromatic amines is 1. The highest BCUT2D eigenvalue weighted by Crippen LogP contribution is 2.30. The number of aromatic nitrogens is 2. The average molecular weight is 329 g/mol. The first-order chi connectivity index (χ1) is 12.2. The summed E-state index contributed by atoms with van der Waals surface area (Å²) in [6.07, 6.45) is 0. The Bertz CT molecular complexity index is 1050. The first-order valence-corrected chi connectivity index (χ1v) is 7.86. The minimum absolute atomic E-state index is 0.179. The third-order valence-corrected chi connectivity index (χ3v) is 4.01. The second-order valence-corrected chi connectivity index (χ2v) is 5.63. The molecule has 3 aromatic carbocycles. The lowest BCUT2D eigenvalue weighted by Gasteiger charge is -2.10. The zero-order chi connectivity index (χ0) is 17.2. The van der Waals surface area contributed by atoms with Gasteiger partial charge >= 0.3 is 5.97 Å². The Morgan fingerprint density at radius 3 is 2.48 bits per heavy atom. The fourth-order valence-electron chi connectivity index (χ4n) is 2.85. The zero-order valence-corrected chi connectivity index (χ0v) is 13.2. The van der Waals surface area contributed by atoms with Crippen molar-refractivity contribution in [3.8, 4) is 11.1 Å². The van der Waals surface area contributed by atoms with E-state index in [1.54, 1.807) is 12.1 Å². The van der Waals surface area contributed by atoms with Crippen LogP contribution in [0.5, 0.6) is 0 Å². The summed E-state index contributed by atoms with van der Waals surface area (Å²) < 4.78 is 0. The molecule has 122 valence electrons. The van der Waals surface area contributed by atoms with Crippen LogP contribution in [-0.4, -0.2) is 21.0 Å². The number of H-pyrrole nitrogens is 1. The van der Waals surface area contributed by atoms with Gasteiger partial charge in [-0.05, 0) is 23.8 Å². The normalized spacial score (nSPS) is 10.7. The predicted molar refractivity (Wildman–Crippen MR) is 98.2 cm³/mol. The predicted octanol–water partition coefficient (Wildman–Crippen LogP) is 4.67. The highest BCUT2D eigenvalue weighted by atomic mass is 16.4.